The molecule has 222 valence electrons. The number of nitrogens with one attached hydrogen (secondary N) is 2. The molecular formula is C32H50N4O4. The molecule has 2 N–H and O–H groups in total. The maximum atomic E-state index is 14.2. The number of hydroxylamine groups is 6. The fourth-order valence-corrected chi connectivity index (χ4v) is 12.7. The van der Waals surface area contributed by atoms with E-state index in [1.54, 1.807) is 0 Å². The van der Waals surface area contributed by atoms with Crippen LogP contribution in [0.4, 0.5) is 0 Å². The lowest BCUT2D eigenvalue weighted by Gasteiger charge is -2.57. The molecule has 40 heavy (non-hydrogen) atoms. The number of rotatable bonds is 7. The molecule has 0 radical (unpaired) electrons. The Kier molecular flexibility index (Phi) is 6.03. The quantitative estimate of drug-likeness (QED) is 0.365. The summed E-state index contributed by atoms with van der Waals surface area (Å²) in [7, 11) is 0. The lowest BCUT2D eigenvalue weighted by molar-refractivity contribution is -0.939. The number of carbonyl (C=O) groups is 2. The van der Waals surface area contributed by atoms with Crippen LogP contribution in [0.2, 0.25) is 0 Å². The second-order valence-corrected chi connectivity index (χ2v) is 16.5. The van der Waals surface area contributed by atoms with E-state index in [4.69, 9.17) is 0 Å². The largest absolute Gasteiger partial charge is 0.632 e. The standard InChI is InChI=1S/C32H50N4O4/c37-29(33-31-15-21-9-22(16-31)11-23(10-21)17-31)27-3-1-5-35(27,39)7-8-36(40)6-2-4-28(36)30(38)34-32-18-24-12-25(19-32)14-26(13-24)20-32/h21-28H,1-20H2,(H,33,37)(H,34,38)/t21?,22?,23?,24?,25?,26?,27-,28-,31?,32?,35?,36?/m0/s1. The lowest BCUT2D eigenvalue weighted by atomic mass is 9.53. The number of hydrogen-bond donors (Lipinski definition) is 2. The fourth-order valence-electron chi connectivity index (χ4n) is 12.7. The van der Waals surface area contributed by atoms with Gasteiger partial charge in [0.05, 0.1) is 13.1 Å². The third-order valence-electron chi connectivity index (χ3n) is 13.5. The maximum Gasteiger partial charge on any atom is 0.279 e. The summed E-state index contributed by atoms with van der Waals surface area (Å²) in [5.74, 6) is 4.30. The SMILES string of the molecule is O=C(NC12CC3CC(CC(C3)C1)C2)[C@@H]1CCC[N+]1([O-])CC[N+]1([O-])CCC[C@H]1C(=O)NC12CC3CC(CC(C3)C1)C2. The second-order valence-electron chi connectivity index (χ2n) is 16.5. The Hall–Kier alpha value is -1.22. The van der Waals surface area contributed by atoms with Gasteiger partial charge >= 0.3 is 0 Å². The van der Waals surface area contributed by atoms with E-state index in [2.05, 4.69) is 10.6 Å². The summed E-state index contributed by atoms with van der Waals surface area (Å²) in [6, 6.07) is -1.22. The molecule has 0 spiro atoms. The first kappa shape index (κ1) is 26.4. The molecular weight excluding hydrogens is 504 g/mol. The Balaban J connectivity index is 0.920. The molecule has 8 heteroatoms. The topological polar surface area (TPSA) is 104 Å². The molecule has 0 aromatic carbocycles. The normalized spacial score (nSPS) is 53.8. The molecule has 8 bridgehead atoms. The van der Waals surface area contributed by atoms with Gasteiger partial charge in [-0.15, -0.1) is 0 Å². The van der Waals surface area contributed by atoms with Crippen LogP contribution in [0.25, 0.3) is 0 Å². The predicted octanol–water partition coefficient (Wildman–Crippen LogP) is 4.11. The van der Waals surface area contributed by atoms with E-state index in [0.717, 1.165) is 86.9 Å². The Labute approximate surface area is 239 Å². The summed E-state index contributed by atoms with van der Waals surface area (Å²) < 4.78 is -1.16. The lowest BCUT2D eigenvalue weighted by Crippen LogP contribution is -2.66. The Morgan fingerprint density at radius 1 is 0.575 bits per heavy atom. The van der Waals surface area contributed by atoms with Crippen molar-refractivity contribution < 1.29 is 18.9 Å². The van der Waals surface area contributed by atoms with Crippen molar-refractivity contribution in [1.82, 2.24) is 10.6 Å². The van der Waals surface area contributed by atoms with Gasteiger partial charge in [0, 0.05) is 36.8 Å². The van der Waals surface area contributed by atoms with Crippen LogP contribution in [0, 0.1) is 45.9 Å². The molecule has 8 aliphatic carbocycles. The van der Waals surface area contributed by atoms with Gasteiger partial charge in [-0.05, 0) is 113 Å². The molecule has 2 heterocycles. The van der Waals surface area contributed by atoms with Crippen LogP contribution in [-0.2, 0) is 9.59 Å². The maximum absolute atomic E-state index is 14.2. The first-order chi connectivity index (χ1) is 19.1. The zero-order chi connectivity index (χ0) is 27.3. The van der Waals surface area contributed by atoms with Crippen molar-refractivity contribution in [2.45, 2.75) is 126 Å². The molecule has 10 fully saturated rings. The van der Waals surface area contributed by atoms with E-state index < -0.39 is 21.4 Å². The predicted molar refractivity (Wildman–Crippen MR) is 151 cm³/mol. The van der Waals surface area contributed by atoms with Crippen LogP contribution in [0.15, 0.2) is 0 Å². The minimum atomic E-state index is -0.610. The van der Waals surface area contributed by atoms with Crippen molar-refractivity contribution in [2.75, 3.05) is 26.2 Å². The van der Waals surface area contributed by atoms with E-state index in [0.29, 0.717) is 25.9 Å². The van der Waals surface area contributed by atoms with E-state index in [1.165, 1.54) is 38.5 Å². The molecule has 8 nitrogen and oxygen atoms in total. The highest BCUT2D eigenvalue weighted by molar-refractivity contribution is 5.82. The zero-order valence-electron chi connectivity index (χ0n) is 24.3. The highest BCUT2D eigenvalue weighted by atomic mass is 16.6. The third kappa shape index (κ3) is 4.37. The number of nitrogens with zero attached hydrogens (tertiary/aromatic N) is 2. The van der Waals surface area contributed by atoms with Gasteiger partial charge in [0.2, 0.25) is 0 Å². The molecule has 2 unspecified atom stereocenters. The van der Waals surface area contributed by atoms with Gasteiger partial charge in [-0.3, -0.25) is 9.59 Å². The molecule has 8 saturated carbocycles. The van der Waals surface area contributed by atoms with E-state index >= 15 is 0 Å². The van der Waals surface area contributed by atoms with Crippen LogP contribution in [0.3, 0.4) is 0 Å². The molecule has 0 aromatic heterocycles. The van der Waals surface area contributed by atoms with E-state index in [9.17, 15) is 20.0 Å². The molecule has 10 aliphatic rings. The Morgan fingerprint density at radius 2 is 0.875 bits per heavy atom. The highest BCUT2D eigenvalue weighted by Crippen LogP contribution is 2.57. The molecule has 0 aromatic rings. The highest BCUT2D eigenvalue weighted by Gasteiger charge is 2.55. The monoisotopic (exact) mass is 554 g/mol. The van der Waals surface area contributed by atoms with Gasteiger partial charge in [0.15, 0.2) is 12.1 Å². The molecule has 10 rings (SSSR count). The average molecular weight is 555 g/mol. The number of quaternary nitrogens is 2. The van der Waals surface area contributed by atoms with Crippen molar-refractivity contribution >= 4 is 11.8 Å². The van der Waals surface area contributed by atoms with Crippen molar-refractivity contribution in [2.24, 2.45) is 35.5 Å². The van der Waals surface area contributed by atoms with Crippen molar-refractivity contribution in [1.29, 1.82) is 0 Å². The van der Waals surface area contributed by atoms with Crippen LogP contribution >= 0.6 is 0 Å². The summed E-state index contributed by atoms with van der Waals surface area (Å²) in [6.45, 7) is 1.10. The van der Waals surface area contributed by atoms with Crippen LogP contribution < -0.4 is 10.6 Å². The third-order valence-corrected chi connectivity index (χ3v) is 13.5. The average Bonchev–Trinajstić information content (AvgIpc) is 3.44. The molecule has 2 aliphatic heterocycles. The van der Waals surface area contributed by atoms with Crippen molar-refractivity contribution in [3.05, 3.63) is 10.4 Å². The second kappa shape index (κ2) is 9.14. The van der Waals surface area contributed by atoms with Crippen LogP contribution in [0.5, 0.6) is 0 Å². The van der Waals surface area contributed by atoms with E-state index in [-0.39, 0.29) is 36.0 Å². The summed E-state index contributed by atoms with van der Waals surface area (Å²) in [6.07, 6.45) is 17.1. The number of hydrogen-bond acceptors (Lipinski definition) is 4. The smallest absolute Gasteiger partial charge is 0.279 e. The van der Waals surface area contributed by atoms with Crippen molar-refractivity contribution in [3.8, 4) is 0 Å². The number of amides is 2. The van der Waals surface area contributed by atoms with Crippen molar-refractivity contribution in [3.63, 3.8) is 0 Å². The zero-order valence-corrected chi connectivity index (χ0v) is 24.3. The number of likely N-dealkylation sites (tertiary alicyclic amines) is 2. The minimum Gasteiger partial charge on any atom is -0.632 e. The summed E-state index contributed by atoms with van der Waals surface area (Å²) in [4.78, 5) is 27.3. The van der Waals surface area contributed by atoms with E-state index in [1.807, 2.05) is 0 Å². The Morgan fingerprint density at radius 3 is 1.18 bits per heavy atom. The van der Waals surface area contributed by atoms with Gasteiger partial charge in [-0.1, -0.05) is 0 Å². The summed E-state index contributed by atoms with van der Waals surface area (Å²) in [5, 5.41) is 35.2. The van der Waals surface area contributed by atoms with Crippen LogP contribution in [0.1, 0.15) is 103 Å². The summed E-state index contributed by atoms with van der Waals surface area (Å²) >= 11 is 0. The molecule has 4 atom stereocenters. The fraction of sp³-hybridized carbons (Fsp3) is 0.938. The van der Waals surface area contributed by atoms with Gasteiger partial charge in [0.1, 0.15) is 13.1 Å². The first-order valence-corrected chi connectivity index (χ1v) is 16.9. The minimum absolute atomic E-state index is 0.0653. The van der Waals surface area contributed by atoms with Gasteiger partial charge < -0.3 is 30.3 Å². The Bertz CT molecular complexity index is 911. The van der Waals surface area contributed by atoms with Gasteiger partial charge in [0.25, 0.3) is 11.8 Å². The van der Waals surface area contributed by atoms with Crippen LogP contribution in [-0.4, -0.2) is 70.4 Å². The molecule has 2 saturated heterocycles. The number of carbonyl (C=O) groups excluding carboxylic acids is 2. The molecule has 2 amide bonds. The van der Waals surface area contributed by atoms with Gasteiger partial charge in [-0.25, -0.2) is 0 Å². The van der Waals surface area contributed by atoms with Gasteiger partial charge in [-0.2, -0.15) is 0 Å². The summed E-state index contributed by atoms with van der Waals surface area (Å²) in [5.41, 5.74) is -0.193. The first-order valence-electron chi connectivity index (χ1n) is 16.9.